The number of carbonyl (C=O) groups excluding carboxylic acids is 1. The Kier molecular flexibility index (Phi) is 8.36. The van der Waals surface area contributed by atoms with E-state index >= 15 is 0 Å². The first-order valence-electron chi connectivity index (χ1n) is 13.6. The summed E-state index contributed by atoms with van der Waals surface area (Å²) in [7, 11) is 1.30. The second kappa shape index (κ2) is 12.1. The van der Waals surface area contributed by atoms with Crippen LogP contribution in [0, 0.1) is 0 Å². The Balaban J connectivity index is 1.40. The van der Waals surface area contributed by atoms with E-state index in [0.29, 0.717) is 31.6 Å². The number of hydrogen-bond donors (Lipinski definition) is 2. The molecule has 1 amide bonds. The number of piperidine rings is 1. The van der Waals surface area contributed by atoms with Crippen molar-refractivity contribution in [2.24, 2.45) is 0 Å². The van der Waals surface area contributed by atoms with Gasteiger partial charge in [-0.25, -0.2) is 19.2 Å². The third-order valence-electron chi connectivity index (χ3n) is 7.21. The number of carbonyl (C=O) groups is 1. The van der Waals surface area contributed by atoms with Gasteiger partial charge in [-0.1, -0.05) is 31.2 Å². The number of nitrogens with one attached hydrogen (secondary N) is 2. The molecule has 0 saturated carbocycles. The molecule has 214 valence electrons. The number of alkyl halides is 2. The van der Waals surface area contributed by atoms with Gasteiger partial charge in [0.25, 0.3) is 11.8 Å². The van der Waals surface area contributed by atoms with Crippen LogP contribution in [0.25, 0.3) is 16.7 Å². The lowest BCUT2D eigenvalue weighted by Crippen LogP contribution is -2.43. The van der Waals surface area contributed by atoms with E-state index in [9.17, 15) is 18.4 Å². The van der Waals surface area contributed by atoms with Crippen LogP contribution < -0.4 is 16.2 Å². The van der Waals surface area contributed by atoms with Gasteiger partial charge in [0.2, 0.25) is 11.4 Å². The SMILES string of the molecule is CCc1ccc(-n2cc(C(=O)NOC)c(=O)c3cnc(Nc4ccc(CCN5CCCC(F)(F)C5)cc4)nc32)cc1. The highest BCUT2D eigenvalue weighted by atomic mass is 19.3. The fourth-order valence-electron chi connectivity index (χ4n) is 4.98. The molecule has 1 aliphatic heterocycles. The maximum Gasteiger partial charge on any atom is 0.280 e. The molecule has 1 aliphatic rings. The summed E-state index contributed by atoms with van der Waals surface area (Å²) < 4.78 is 29.1. The lowest BCUT2D eigenvalue weighted by molar-refractivity contribution is -0.0635. The van der Waals surface area contributed by atoms with Crippen LogP contribution in [0.1, 0.15) is 41.3 Å². The van der Waals surface area contributed by atoms with Gasteiger partial charge in [-0.05, 0) is 61.2 Å². The van der Waals surface area contributed by atoms with Gasteiger partial charge >= 0.3 is 0 Å². The Morgan fingerprint density at radius 3 is 2.51 bits per heavy atom. The molecule has 2 N–H and O–H groups in total. The maximum atomic E-state index is 13.7. The molecule has 3 heterocycles. The minimum atomic E-state index is -2.60. The predicted molar refractivity (Wildman–Crippen MR) is 153 cm³/mol. The van der Waals surface area contributed by atoms with Crippen molar-refractivity contribution in [1.82, 2.24) is 24.9 Å². The van der Waals surface area contributed by atoms with Crippen molar-refractivity contribution >= 4 is 28.6 Å². The summed E-state index contributed by atoms with van der Waals surface area (Å²) >= 11 is 0. The van der Waals surface area contributed by atoms with Gasteiger partial charge in [-0.2, -0.15) is 4.98 Å². The Labute approximate surface area is 236 Å². The topological polar surface area (TPSA) is 101 Å². The molecule has 2 aromatic carbocycles. The Morgan fingerprint density at radius 1 is 1.10 bits per heavy atom. The molecule has 5 rings (SSSR count). The molecule has 9 nitrogen and oxygen atoms in total. The molecule has 1 fully saturated rings. The number of halogens is 2. The molecular formula is C30H32F2N6O3. The van der Waals surface area contributed by atoms with Crippen LogP contribution in [0.2, 0.25) is 0 Å². The van der Waals surface area contributed by atoms with Crippen molar-refractivity contribution < 1.29 is 18.4 Å². The van der Waals surface area contributed by atoms with Crippen LogP contribution in [0.15, 0.2) is 65.7 Å². The number of hydroxylamine groups is 1. The van der Waals surface area contributed by atoms with Crippen molar-refractivity contribution in [2.75, 3.05) is 32.1 Å². The van der Waals surface area contributed by atoms with Crippen molar-refractivity contribution in [3.8, 4) is 5.69 Å². The quantitative estimate of drug-likeness (QED) is 0.287. The van der Waals surface area contributed by atoms with Crippen molar-refractivity contribution in [3.05, 3.63) is 87.8 Å². The summed E-state index contributed by atoms with van der Waals surface area (Å²) in [5.41, 5.74) is 5.55. The Morgan fingerprint density at radius 2 is 1.83 bits per heavy atom. The van der Waals surface area contributed by atoms with E-state index in [1.54, 1.807) is 4.57 Å². The standard InChI is InChI=1S/C30H32F2N6O3/c1-3-20-7-11-23(12-8-20)38-18-25(28(40)36-41-2)26(39)24-17-33-29(35-27(24)38)34-22-9-5-21(6-10-22)13-16-37-15-4-14-30(31,32)19-37/h5-12,17-18H,3-4,13-16,19H2,1-2H3,(H,36,40)(H,33,34,35). The highest BCUT2D eigenvalue weighted by molar-refractivity contribution is 5.96. The third kappa shape index (κ3) is 6.58. The average molecular weight is 563 g/mol. The minimum Gasteiger partial charge on any atom is -0.324 e. The summed E-state index contributed by atoms with van der Waals surface area (Å²) in [4.78, 5) is 41.2. The van der Waals surface area contributed by atoms with Crippen LogP contribution in [-0.2, 0) is 17.7 Å². The zero-order valence-corrected chi connectivity index (χ0v) is 23.0. The van der Waals surface area contributed by atoms with Crippen molar-refractivity contribution in [2.45, 2.75) is 38.5 Å². The fourth-order valence-corrected chi connectivity index (χ4v) is 4.98. The van der Waals surface area contributed by atoms with E-state index in [0.717, 1.165) is 28.9 Å². The largest absolute Gasteiger partial charge is 0.324 e. The predicted octanol–water partition coefficient (Wildman–Crippen LogP) is 4.65. The zero-order valence-electron chi connectivity index (χ0n) is 23.0. The summed E-state index contributed by atoms with van der Waals surface area (Å²) in [6, 6.07) is 15.4. The van der Waals surface area contributed by atoms with Crippen LogP contribution >= 0.6 is 0 Å². The zero-order chi connectivity index (χ0) is 29.0. The highest BCUT2D eigenvalue weighted by Gasteiger charge is 2.34. The number of aryl methyl sites for hydroxylation is 1. The van der Waals surface area contributed by atoms with E-state index in [1.165, 1.54) is 19.5 Å². The van der Waals surface area contributed by atoms with Gasteiger partial charge in [0.05, 0.1) is 19.0 Å². The van der Waals surface area contributed by atoms with Gasteiger partial charge in [0, 0.05) is 36.7 Å². The smallest absolute Gasteiger partial charge is 0.280 e. The summed E-state index contributed by atoms with van der Waals surface area (Å²) in [5.74, 6) is -3.00. The van der Waals surface area contributed by atoms with E-state index in [4.69, 9.17) is 4.84 Å². The normalized spacial score (nSPS) is 15.1. The Hall–Kier alpha value is -4.22. The van der Waals surface area contributed by atoms with E-state index < -0.39 is 17.3 Å². The first kappa shape index (κ1) is 28.3. The average Bonchev–Trinajstić information content (AvgIpc) is 2.97. The minimum absolute atomic E-state index is 0.0354. The molecule has 41 heavy (non-hydrogen) atoms. The number of likely N-dealkylation sites (tertiary alicyclic amines) is 1. The molecule has 0 atom stereocenters. The summed E-state index contributed by atoms with van der Waals surface area (Å²) in [6.45, 7) is 3.15. The Bertz CT molecular complexity index is 1590. The number of aromatic nitrogens is 3. The van der Waals surface area contributed by atoms with Gasteiger partial charge in [0.15, 0.2) is 5.65 Å². The summed E-state index contributed by atoms with van der Waals surface area (Å²) in [6.07, 6.45) is 4.87. The van der Waals surface area contributed by atoms with Crippen LogP contribution in [0.4, 0.5) is 20.4 Å². The molecule has 0 radical (unpaired) electrons. The van der Waals surface area contributed by atoms with Crippen molar-refractivity contribution in [1.29, 1.82) is 0 Å². The number of anilines is 2. The van der Waals surface area contributed by atoms with Crippen LogP contribution in [0.3, 0.4) is 0 Å². The molecule has 1 saturated heterocycles. The first-order chi connectivity index (χ1) is 19.8. The fraction of sp³-hybridized carbons (Fsp3) is 0.333. The third-order valence-corrected chi connectivity index (χ3v) is 7.21. The number of amides is 1. The molecule has 11 heteroatoms. The molecule has 0 bridgehead atoms. The summed E-state index contributed by atoms with van der Waals surface area (Å²) in [5, 5.41) is 3.35. The maximum absolute atomic E-state index is 13.7. The number of nitrogens with zero attached hydrogens (tertiary/aromatic N) is 4. The number of pyridine rings is 1. The first-order valence-corrected chi connectivity index (χ1v) is 13.6. The van der Waals surface area contributed by atoms with E-state index in [-0.39, 0.29) is 29.9 Å². The molecule has 0 unspecified atom stereocenters. The van der Waals surface area contributed by atoms with Gasteiger partial charge < -0.3 is 9.88 Å². The number of fused-ring (bicyclic) bond motifs is 1. The second-order valence-electron chi connectivity index (χ2n) is 10.1. The van der Waals surface area contributed by atoms with Gasteiger partial charge in [-0.15, -0.1) is 0 Å². The van der Waals surface area contributed by atoms with Gasteiger partial charge in [0.1, 0.15) is 5.56 Å². The molecule has 0 aliphatic carbocycles. The monoisotopic (exact) mass is 562 g/mol. The van der Waals surface area contributed by atoms with Crippen LogP contribution in [0.5, 0.6) is 0 Å². The molecule has 4 aromatic rings. The molecule has 2 aromatic heterocycles. The van der Waals surface area contributed by atoms with Crippen LogP contribution in [-0.4, -0.2) is 58.0 Å². The number of benzene rings is 2. The van der Waals surface area contributed by atoms with E-state index in [1.807, 2.05) is 53.4 Å². The van der Waals surface area contributed by atoms with Crippen molar-refractivity contribution in [3.63, 3.8) is 0 Å². The molecular weight excluding hydrogens is 530 g/mol. The van der Waals surface area contributed by atoms with E-state index in [2.05, 4.69) is 27.7 Å². The van der Waals surface area contributed by atoms with Gasteiger partial charge in [-0.3, -0.25) is 19.3 Å². The lowest BCUT2D eigenvalue weighted by atomic mass is 10.1. The second-order valence-corrected chi connectivity index (χ2v) is 10.1. The highest BCUT2D eigenvalue weighted by Crippen LogP contribution is 2.27. The number of rotatable bonds is 9. The lowest BCUT2D eigenvalue weighted by Gasteiger charge is -2.32. The number of hydrogen-bond acceptors (Lipinski definition) is 7. The molecule has 0 spiro atoms.